The maximum atomic E-state index is 10.3. The van der Waals surface area contributed by atoms with Gasteiger partial charge in [-0.1, -0.05) is 29.3 Å². The fourth-order valence-electron chi connectivity index (χ4n) is 1.61. The highest BCUT2D eigenvalue weighted by molar-refractivity contribution is 6.36. The lowest BCUT2D eigenvalue weighted by molar-refractivity contribution is -0.400. The molecule has 1 aromatic heterocycles. The molecular formula is C12H8Cl2N2O2. The summed E-state index contributed by atoms with van der Waals surface area (Å²) < 4.78 is 0. The number of aromatic nitrogens is 1. The third-order valence-electron chi connectivity index (χ3n) is 2.49. The molecule has 0 aliphatic heterocycles. The molecular weight excluding hydrogens is 275 g/mol. The van der Waals surface area contributed by atoms with Gasteiger partial charge >= 0.3 is 0 Å². The van der Waals surface area contributed by atoms with Crippen LogP contribution in [0.1, 0.15) is 11.1 Å². The Balaban J connectivity index is 2.68. The number of halogens is 2. The summed E-state index contributed by atoms with van der Waals surface area (Å²) in [7, 11) is 0. The zero-order chi connectivity index (χ0) is 13.3. The van der Waals surface area contributed by atoms with E-state index in [0.717, 1.165) is 17.1 Å². The summed E-state index contributed by atoms with van der Waals surface area (Å²) in [5.74, 6) is 0. The number of pyridine rings is 1. The number of rotatable bonds is 2. The van der Waals surface area contributed by atoms with Gasteiger partial charge in [0.2, 0.25) is 6.20 Å². The molecule has 1 heterocycles. The van der Waals surface area contributed by atoms with Crippen LogP contribution in [-0.2, 0) is 0 Å². The van der Waals surface area contributed by atoms with Gasteiger partial charge in [-0.05, 0) is 24.6 Å². The van der Waals surface area contributed by atoms with Crippen LogP contribution in [0.15, 0.2) is 24.4 Å². The molecule has 0 bridgehead atoms. The zero-order valence-electron chi connectivity index (χ0n) is 9.35. The lowest BCUT2D eigenvalue weighted by atomic mass is 10.1. The maximum absolute atomic E-state index is 10.3. The van der Waals surface area contributed by atoms with Gasteiger partial charge in [-0.2, -0.15) is 0 Å². The van der Waals surface area contributed by atoms with Crippen molar-refractivity contribution in [2.75, 3.05) is 0 Å². The monoisotopic (exact) mass is 282 g/mol. The van der Waals surface area contributed by atoms with Crippen LogP contribution in [0, 0.1) is 17.0 Å². The second-order valence-electron chi connectivity index (χ2n) is 3.73. The predicted octanol–water partition coefficient (Wildman–Crippen LogP) is 4.10. The Morgan fingerprint density at radius 1 is 1.39 bits per heavy atom. The summed E-state index contributed by atoms with van der Waals surface area (Å²) in [6, 6.07) is 5.30. The molecule has 0 amide bonds. The molecule has 0 N–H and O–H groups in total. The molecule has 4 nitrogen and oxygen atoms in total. The van der Waals surface area contributed by atoms with Crippen molar-refractivity contribution >= 4 is 40.2 Å². The molecule has 18 heavy (non-hydrogen) atoms. The number of fused-ring (bicyclic) bond motifs is 1. The number of hydrogen-bond acceptors (Lipinski definition) is 3. The van der Waals surface area contributed by atoms with Crippen molar-refractivity contribution in [1.29, 1.82) is 0 Å². The number of nitrogens with zero attached hydrogens (tertiary/aromatic N) is 2. The Bertz CT molecular complexity index is 669. The molecule has 0 spiro atoms. The Morgan fingerprint density at radius 2 is 2.11 bits per heavy atom. The van der Waals surface area contributed by atoms with E-state index in [4.69, 9.17) is 23.2 Å². The van der Waals surface area contributed by atoms with E-state index in [0.29, 0.717) is 16.1 Å². The highest BCUT2D eigenvalue weighted by Gasteiger charge is 2.08. The fraction of sp³-hybridized carbons (Fsp3) is 0.0833. The smallest absolute Gasteiger partial charge is 0.235 e. The first-order valence-electron chi connectivity index (χ1n) is 5.06. The van der Waals surface area contributed by atoms with Crippen LogP contribution < -0.4 is 0 Å². The van der Waals surface area contributed by atoms with Gasteiger partial charge in [0, 0.05) is 17.0 Å². The number of hydrogen-bond donors (Lipinski definition) is 0. The van der Waals surface area contributed by atoms with E-state index in [2.05, 4.69) is 4.98 Å². The van der Waals surface area contributed by atoms with Gasteiger partial charge in [-0.15, -0.1) is 0 Å². The first-order valence-corrected chi connectivity index (χ1v) is 5.81. The van der Waals surface area contributed by atoms with E-state index < -0.39 is 4.92 Å². The Morgan fingerprint density at radius 3 is 2.78 bits per heavy atom. The molecule has 0 fully saturated rings. The molecule has 0 radical (unpaired) electrons. The van der Waals surface area contributed by atoms with Crippen molar-refractivity contribution in [3.8, 4) is 0 Å². The summed E-state index contributed by atoms with van der Waals surface area (Å²) in [5.41, 5.74) is 2.11. The second kappa shape index (κ2) is 4.92. The minimum Gasteiger partial charge on any atom is -0.259 e. The van der Waals surface area contributed by atoms with Crippen LogP contribution in [0.25, 0.3) is 17.0 Å². The van der Waals surface area contributed by atoms with Crippen LogP contribution >= 0.6 is 23.2 Å². The van der Waals surface area contributed by atoms with E-state index in [1.807, 2.05) is 13.0 Å². The number of benzene rings is 1. The largest absolute Gasteiger partial charge is 0.259 e. The Hall–Kier alpha value is -1.65. The first-order chi connectivity index (χ1) is 8.49. The van der Waals surface area contributed by atoms with Crippen molar-refractivity contribution in [3.05, 3.63) is 55.8 Å². The zero-order valence-corrected chi connectivity index (χ0v) is 10.9. The standard InChI is InChI=1S/C12H8Cl2N2O2/c1-7-2-3-10(13)9-6-8(4-5-16(17)18)12(14)15-11(7)9/h2-6H,1H3/b5-4+. The molecule has 2 aromatic rings. The van der Waals surface area contributed by atoms with E-state index >= 15 is 0 Å². The van der Waals surface area contributed by atoms with E-state index in [9.17, 15) is 10.1 Å². The number of aryl methyl sites for hydroxylation is 1. The van der Waals surface area contributed by atoms with E-state index in [1.165, 1.54) is 6.08 Å². The molecule has 1 aromatic carbocycles. The average molecular weight is 283 g/mol. The van der Waals surface area contributed by atoms with Gasteiger partial charge < -0.3 is 0 Å². The van der Waals surface area contributed by atoms with Crippen LogP contribution in [0.3, 0.4) is 0 Å². The van der Waals surface area contributed by atoms with Gasteiger partial charge in [0.05, 0.1) is 15.5 Å². The summed E-state index contributed by atoms with van der Waals surface area (Å²) in [6.45, 7) is 1.90. The lowest BCUT2D eigenvalue weighted by Crippen LogP contribution is -1.89. The average Bonchev–Trinajstić information content (AvgIpc) is 2.32. The Labute approximate surface area is 113 Å². The van der Waals surface area contributed by atoms with Crippen molar-refractivity contribution < 1.29 is 4.92 Å². The normalized spacial score (nSPS) is 11.3. The van der Waals surface area contributed by atoms with Crippen molar-refractivity contribution in [2.45, 2.75) is 6.92 Å². The molecule has 0 unspecified atom stereocenters. The summed E-state index contributed by atoms with van der Waals surface area (Å²) in [5, 5.41) is 11.8. The van der Waals surface area contributed by atoms with Crippen LogP contribution in [0.4, 0.5) is 0 Å². The molecule has 0 aliphatic carbocycles. The summed E-state index contributed by atoms with van der Waals surface area (Å²) in [4.78, 5) is 14.0. The lowest BCUT2D eigenvalue weighted by Gasteiger charge is -2.06. The van der Waals surface area contributed by atoms with Gasteiger partial charge in [0.1, 0.15) is 5.15 Å². The van der Waals surface area contributed by atoms with Crippen molar-refractivity contribution in [1.82, 2.24) is 4.98 Å². The minimum atomic E-state index is -0.557. The molecule has 0 saturated carbocycles. The van der Waals surface area contributed by atoms with Crippen molar-refractivity contribution in [3.63, 3.8) is 0 Å². The first kappa shape index (κ1) is 12.8. The summed E-state index contributed by atoms with van der Waals surface area (Å²) in [6.07, 6.45) is 2.12. The molecule has 92 valence electrons. The van der Waals surface area contributed by atoms with E-state index in [-0.39, 0.29) is 5.15 Å². The molecule has 0 aliphatic rings. The molecule has 6 heteroatoms. The van der Waals surface area contributed by atoms with Gasteiger partial charge in [-0.3, -0.25) is 10.1 Å². The quantitative estimate of drug-likeness (QED) is 0.473. The van der Waals surface area contributed by atoms with Crippen LogP contribution in [-0.4, -0.2) is 9.91 Å². The maximum Gasteiger partial charge on any atom is 0.235 e. The SMILES string of the molecule is Cc1ccc(Cl)c2cc(/C=C/[N+](=O)[O-])c(Cl)nc12. The van der Waals surface area contributed by atoms with Gasteiger partial charge in [-0.25, -0.2) is 4.98 Å². The summed E-state index contributed by atoms with van der Waals surface area (Å²) >= 11 is 12.1. The molecule has 0 saturated heterocycles. The van der Waals surface area contributed by atoms with Crippen LogP contribution in [0.2, 0.25) is 10.2 Å². The van der Waals surface area contributed by atoms with Gasteiger partial charge in [0.25, 0.3) is 0 Å². The molecule has 2 rings (SSSR count). The van der Waals surface area contributed by atoms with Crippen molar-refractivity contribution in [2.24, 2.45) is 0 Å². The molecule has 0 atom stereocenters. The van der Waals surface area contributed by atoms with E-state index in [1.54, 1.807) is 12.1 Å². The third-order valence-corrected chi connectivity index (χ3v) is 3.12. The second-order valence-corrected chi connectivity index (χ2v) is 4.50. The van der Waals surface area contributed by atoms with Crippen LogP contribution in [0.5, 0.6) is 0 Å². The number of nitro groups is 1. The highest BCUT2D eigenvalue weighted by atomic mass is 35.5. The fourth-order valence-corrected chi connectivity index (χ4v) is 2.02. The van der Waals surface area contributed by atoms with Gasteiger partial charge in [0.15, 0.2) is 0 Å². The minimum absolute atomic E-state index is 0.214. The Kier molecular flexibility index (Phi) is 3.50. The third kappa shape index (κ3) is 2.44. The highest BCUT2D eigenvalue weighted by Crippen LogP contribution is 2.29. The predicted molar refractivity (Wildman–Crippen MR) is 72.5 cm³/mol. The topological polar surface area (TPSA) is 56.0 Å².